The number of nitrogens with zero attached hydrogens (tertiary/aromatic N) is 3. The summed E-state index contributed by atoms with van der Waals surface area (Å²) < 4.78 is 5.48. The van der Waals surface area contributed by atoms with Crippen LogP contribution in [0.3, 0.4) is 0 Å². The van der Waals surface area contributed by atoms with Crippen LogP contribution in [-0.2, 0) is 6.54 Å². The Balaban J connectivity index is 1.94. The lowest BCUT2D eigenvalue weighted by molar-refractivity contribution is 0.0733. The molecule has 7 nitrogen and oxygen atoms in total. The Morgan fingerprint density at radius 3 is 2.86 bits per heavy atom. The SMILES string of the molecule is CCCN(Cc1nc2cc(Cl)ccc2c(=O)[nH]1)C(=O)c1cccnc1OCC. The second-order valence-electron chi connectivity index (χ2n) is 6.19. The number of carbonyl (C=O) groups is 1. The predicted molar refractivity (Wildman–Crippen MR) is 108 cm³/mol. The highest BCUT2D eigenvalue weighted by molar-refractivity contribution is 6.31. The molecule has 3 aromatic rings. The molecule has 3 rings (SSSR count). The Labute approximate surface area is 167 Å². The van der Waals surface area contributed by atoms with E-state index in [2.05, 4.69) is 15.0 Å². The van der Waals surface area contributed by atoms with E-state index >= 15 is 0 Å². The van der Waals surface area contributed by atoms with Crippen LogP contribution in [0.5, 0.6) is 5.88 Å². The summed E-state index contributed by atoms with van der Waals surface area (Å²) in [5, 5.41) is 0.946. The first-order chi connectivity index (χ1) is 13.5. The zero-order valence-corrected chi connectivity index (χ0v) is 16.5. The van der Waals surface area contributed by atoms with Crippen molar-refractivity contribution >= 4 is 28.4 Å². The second-order valence-corrected chi connectivity index (χ2v) is 6.63. The number of H-pyrrole nitrogens is 1. The van der Waals surface area contributed by atoms with E-state index in [9.17, 15) is 9.59 Å². The number of hydrogen-bond donors (Lipinski definition) is 1. The number of benzene rings is 1. The van der Waals surface area contributed by atoms with Gasteiger partial charge in [-0.1, -0.05) is 18.5 Å². The highest BCUT2D eigenvalue weighted by Gasteiger charge is 2.21. The van der Waals surface area contributed by atoms with Crippen LogP contribution in [0.25, 0.3) is 10.9 Å². The lowest BCUT2D eigenvalue weighted by Gasteiger charge is -2.22. The number of aromatic amines is 1. The molecular weight excluding hydrogens is 380 g/mol. The van der Waals surface area contributed by atoms with Crippen LogP contribution in [0.4, 0.5) is 0 Å². The first kappa shape index (κ1) is 19.8. The van der Waals surface area contributed by atoms with Crippen molar-refractivity contribution in [1.82, 2.24) is 19.9 Å². The number of halogens is 1. The van der Waals surface area contributed by atoms with E-state index < -0.39 is 0 Å². The van der Waals surface area contributed by atoms with Gasteiger partial charge in [0.2, 0.25) is 5.88 Å². The minimum Gasteiger partial charge on any atom is -0.477 e. The fourth-order valence-electron chi connectivity index (χ4n) is 2.91. The van der Waals surface area contributed by atoms with Gasteiger partial charge in [-0.15, -0.1) is 0 Å². The number of nitrogens with one attached hydrogen (secondary N) is 1. The van der Waals surface area contributed by atoms with Crippen molar-refractivity contribution in [3.63, 3.8) is 0 Å². The topological polar surface area (TPSA) is 88.2 Å². The van der Waals surface area contributed by atoms with Gasteiger partial charge in [-0.25, -0.2) is 9.97 Å². The number of ether oxygens (including phenoxy) is 1. The van der Waals surface area contributed by atoms with Gasteiger partial charge < -0.3 is 14.6 Å². The Bertz CT molecular complexity index is 1050. The Kier molecular flexibility index (Phi) is 6.26. The molecule has 146 valence electrons. The lowest BCUT2D eigenvalue weighted by atomic mass is 10.2. The molecule has 0 bridgehead atoms. The van der Waals surface area contributed by atoms with Gasteiger partial charge in [0.1, 0.15) is 11.4 Å². The first-order valence-electron chi connectivity index (χ1n) is 9.09. The number of hydrogen-bond acceptors (Lipinski definition) is 5. The van der Waals surface area contributed by atoms with Crippen molar-refractivity contribution in [3.05, 3.63) is 63.3 Å². The largest absolute Gasteiger partial charge is 0.477 e. The fourth-order valence-corrected chi connectivity index (χ4v) is 3.08. The van der Waals surface area contributed by atoms with Gasteiger partial charge in [-0.2, -0.15) is 0 Å². The normalized spacial score (nSPS) is 10.8. The Morgan fingerprint density at radius 2 is 2.11 bits per heavy atom. The van der Waals surface area contributed by atoms with Crippen LogP contribution in [0.1, 0.15) is 36.5 Å². The maximum Gasteiger partial charge on any atom is 0.259 e. The standard InChI is InChI=1S/C20H21ClN4O3/c1-3-10-25(20(27)15-6-5-9-22-19(15)28-4-2)12-17-23-16-11-13(21)7-8-14(16)18(26)24-17/h5-9,11H,3-4,10,12H2,1-2H3,(H,23,24,26). The molecule has 1 N–H and O–H groups in total. The average Bonchev–Trinajstić information content (AvgIpc) is 2.67. The fraction of sp³-hybridized carbons (Fsp3) is 0.300. The van der Waals surface area contributed by atoms with Gasteiger partial charge in [-0.3, -0.25) is 9.59 Å². The molecule has 0 aliphatic carbocycles. The number of pyridine rings is 1. The van der Waals surface area contributed by atoms with Crippen LogP contribution in [0.2, 0.25) is 5.02 Å². The summed E-state index contributed by atoms with van der Waals surface area (Å²) >= 11 is 6.02. The average molecular weight is 401 g/mol. The van der Waals surface area contributed by atoms with E-state index in [-0.39, 0.29) is 18.0 Å². The van der Waals surface area contributed by atoms with Crippen LogP contribution in [0, 0.1) is 0 Å². The van der Waals surface area contributed by atoms with Crippen molar-refractivity contribution in [2.24, 2.45) is 0 Å². The van der Waals surface area contributed by atoms with Gasteiger partial charge in [0.15, 0.2) is 0 Å². The van der Waals surface area contributed by atoms with Gasteiger partial charge in [0.05, 0.1) is 24.1 Å². The van der Waals surface area contributed by atoms with Crippen molar-refractivity contribution in [2.75, 3.05) is 13.2 Å². The molecule has 0 atom stereocenters. The molecule has 0 aliphatic rings. The van der Waals surface area contributed by atoms with E-state index in [1.807, 2.05) is 13.8 Å². The van der Waals surface area contributed by atoms with Gasteiger partial charge in [0, 0.05) is 17.8 Å². The van der Waals surface area contributed by atoms with Crippen molar-refractivity contribution < 1.29 is 9.53 Å². The summed E-state index contributed by atoms with van der Waals surface area (Å²) in [6, 6.07) is 8.28. The number of fused-ring (bicyclic) bond motifs is 1. The maximum atomic E-state index is 13.1. The molecule has 0 spiro atoms. The van der Waals surface area contributed by atoms with Crippen molar-refractivity contribution in [2.45, 2.75) is 26.8 Å². The molecule has 8 heteroatoms. The number of aromatic nitrogens is 3. The highest BCUT2D eigenvalue weighted by atomic mass is 35.5. The minimum atomic E-state index is -0.267. The van der Waals surface area contributed by atoms with Crippen molar-refractivity contribution in [1.29, 1.82) is 0 Å². The minimum absolute atomic E-state index is 0.158. The van der Waals surface area contributed by atoms with E-state index in [1.54, 1.807) is 41.4 Å². The molecule has 0 radical (unpaired) electrons. The number of amides is 1. The Morgan fingerprint density at radius 1 is 1.29 bits per heavy atom. The van der Waals surface area contributed by atoms with Crippen molar-refractivity contribution in [3.8, 4) is 5.88 Å². The number of carbonyl (C=O) groups excluding carboxylic acids is 1. The quantitative estimate of drug-likeness (QED) is 0.656. The summed E-state index contributed by atoms with van der Waals surface area (Å²) in [6.45, 7) is 4.87. The molecule has 1 aromatic carbocycles. The third kappa shape index (κ3) is 4.31. The van der Waals surface area contributed by atoms with E-state index in [0.717, 1.165) is 6.42 Å². The Hall–Kier alpha value is -2.93. The summed E-state index contributed by atoms with van der Waals surface area (Å²) in [7, 11) is 0. The molecule has 2 heterocycles. The highest BCUT2D eigenvalue weighted by Crippen LogP contribution is 2.19. The van der Waals surface area contributed by atoms with Gasteiger partial charge in [-0.05, 0) is 43.7 Å². The molecular formula is C20H21ClN4O3. The van der Waals surface area contributed by atoms with E-state index in [0.29, 0.717) is 46.3 Å². The molecule has 0 saturated heterocycles. The first-order valence-corrected chi connectivity index (χ1v) is 9.46. The molecule has 28 heavy (non-hydrogen) atoms. The van der Waals surface area contributed by atoms with Crippen LogP contribution in [-0.4, -0.2) is 38.9 Å². The molecule has 2 aromatic heterocycles. The van der Waals surface area contributed by atoms with Gasteiger partial charge >= 0.3 is 0 Å². The zero-order chi connectivity index (χ0) is 20.1. The third-order valence-electron chi connectivity index (χ3n) is 4.12. The summed E-state index contributed by atoms with van der Waals surface area (Å²) in [4.78, 5) is 38.5. The summed E-state index contributed by atoms with van der Waals surface area (Å²) in [5.74, 6) is 0.457. The molecule has 0 fully saturated rings. The molecule has 0 saturated carbocycles. The molecule has 0 aliphatic heterocycles. The lowest BCUT2D eigenvalue weighted by Crippen LogP contribution is -2.33. The van der Waals surface area contributed by atoms with Gasteiger partial charge in [0.25, 0.3) is 11.5 Å². The molecule has 0 unspecified atom stereocenters. The smallest absolute Gasteiger partial charge is 0.259 e. The van der Waals surface area contributed by atoms with Crippen LogP contribution >= 0.6 is 11.6 Å². The monoisotopic (exact) mass is 400 g/mol. The maximum absolute atomic E-state index is 13.1. The zero-order valence-electron chi connectivity index (χ0n) is 15.7. The summed E-state index contributed by atoms with van der Waals surface area (Å²) in [6.07, 6.45) is 2.33. The van der Waals surface area contributed by atoms with E-state index in [1.165, 1.54) is 0 Å². The van der Waals surface area contributed by atoms with Crippen LogP contribution < -0.4 is 10.3 Å². The van der Waals surface area contributed by atoms with E-state index in [4.69, 9.17) is 16.3 Å². The van der Waals surface area contributed by atoms with Crippen LogP contribution in [0.15, 0.2) is 41.3 Å². The third-order valence-corrected chi connectivity index (χ3v) is 4.36. The summed E-state index contributed by atoms with van der Waals surface area (Å²) in [5.41, 5.74) is 0.604. The molecule has 1 amide bonds. The number of rotatable bonds is 7. The second kappa shape index (κ2) is 8.84. The predicted octanol–water partition coefficient (Wildman–Crippen LogP) is 3.42.